The quantitative estimate of drug-likeness (QED) is 0.896. The number of halogens is 3. The van der Waals surface area contributed by atoms with Crippen LogP contribution in [0.4, 0.5) is 23.8 Å². The number of nitrogens with zero attached hydrogens (tertiary/aromatic N) is 2. The van der Waals surface area contributed by atoms with Crippen molar-refractivity contribution in [3.8, 4) is 5.75 Å². The molecule has 1 aliphatic rings. The zero-order valence-corrected chi connectivity index (χ0v) is 11.8. The third-order valence-corrected chi connectivity index (χ3v) is 3.48. The van der Waals surface area contributed by atoms with Crippen molar-refractivity contribution >= 4 is 11.9 Å². The normalized spacial score (nSPS) is 22.3. The minimum Gasteiger partial charge on any atom is -0.465 e. The molecule has 122 valence electrons. The number of amides is 1. The fraction of sp³-hybridized carbons (Fsp3) is 0.538. The summed E-state index contributed by atoms with van der Waals surface area (Å²) in [5.74, 6) is 0.111. The molecule has 1 saturated heterocycles. The summed E-state index contributed by atoms with van der Waals surface area (Å²) in [6, 6.07) is 2.59. The predicted molar refractivity (Wildman–Crippen MR) is 71.7 cm³/mol. The van der Waals surface area contributed by atoms with E-state index in [9.17, 15) is 18.0 Å². The van der Waals surface area contributed by atoms with Crippen LogP contribution in [0, 0.1) is 5.92 Å². The number of carbonyl (C=O) groups is 1. The Morgan fingerprint density at radius 2 is 2.23 bits per heavy atom. The Morgan fingerprint density at radius 3 is 2.73 bits per heavy atom. The van der Waals surface area contributed by atoms with E-state index in [4.69, 9.17) is 5.11 Å². The number of alkyl halides is 3. The van der Waals surface area contributed by atoms with Gasteiger partial charge in [-0.1, -0.05) is 6.92 Å². The lowest BCUT2D eigenvalue weighted by Crippen LogP contribution is -2.47. The van der Waals surface area contributed by atoms with Gasteiger partial charge in [-0.3, -0.25) is 0 Å². The molecular weight excluding hydrogens is 303 g/mol. The largest absolute Gasteiger partial charge is 0.573 e. The van der Waals surface area contributed by atoms with Crippen LogP contribution in [0.3, 0.4) is 0 Å². The van der Waals surface area contributed by atoms with Crippen LogP contribution in [0.2, 0.25) is 0 Å². The number of likely N-dealkylation sites (tertiary alicyclic amines) is 1. The first kappa shape index (κ1) is 16.2. The highest BCUT2D eigenvalue weighted by molar-refractivity contribution is 5.65. The van der Waals surface area contributed by atoms with Gasteiger partial charge in [0.15, 0.2) is 0 Å². The highest BCUT2D eigenvalue weighted by Crippen LogP contribution is 2.24. The van der Waals surface area contributed by atoms with Crippen molar-refractivity contribution in [1.82, 2.24) is 9.88 Å². The van der Waals surface area contributed by atoms with Crippen molar-refractivity contribution in [2.24, 2.45) is 5.92 Å². The van der Waals surface area contributed by atoms with E-state index < -0.39 is 12.5 Å². The Morgan fingerprint density at radius 1 is 1.50 bits per heavy atom. The van der Waals surface area contributed by atoms with Crippen molar-refractivity contribution in [1.29, 1.82) is 0 Å². The van der Waals surface area contributed by atoms with E-state index in [1.165, 1.54) is 17.0 Å². The molecule has 1 aromatic heterocycles. The number of anilines is 1. The Hall–Kier alpha value is -2.19. The summed E-state index contributed by atoms with van der Waals surface area (Å²) in [7, 11) is 0. The number of rotatable bonds is 3. The van der Waals surface area contributed by atoms with Crippen LogP contribution < -0.4 is 10.1 Å². The second kappa shape index (κ2) is 6.29. The van der Waals surface area contributed by atoms with E-state index >= 15 is 0 Å². The minimum absolute atomic E-state index is 0.0116. The maximum Gasteiger partial charge on any atom is 0.573 e. The summed E-state index contributed by atoms with van der Waals surface area (Å²) in [6.07, 6.45) is -4.09. The average Bonchev–Trinajstić information content (AvgIpc) is 2.41. The number of aromatic nitrogens is 1. The van der Waals surface area contributed by atoms with Crippen molar-refractivity contribution < 1.29 is 27.8 Å². The molecule has 0 aromatic carbocycles. The van der Waals surface area contributed by atoms with Gasteiger partial charge in [-0.25, -0.2) is 9.78 Å². The summed E-state index contributed by atoms with van der Waals surface area (Å²) in [5, 5.41) is 12.1. The van der Waals surface area contributed by atoms with Gasteiger partial charge in [0.05, 0.1) is 6.20 Å². The molecular formula is C13H16F3N3O3. The number of pyridine rings is 1. The highest BCUT2D eigenvalue weighted by Gasteiger charge is 2.31. The standard InChI is InChI=1S/C13H16F3N3O3/c1-8-7-19(12(20)21)5-4-10(8)18-11-3-2-9(6-17-11)22-13(14,15)16/h2-3,6,8,10H,4-5,7H2,1H3,(H,17,18)(H,20,21)/t8-,10+/m1/s1. The molecule has 22 heavy (non-hydrogen) atoms. The van der Waals surface area contributed by atoms with E-state index in [0.29, 0.717) is 25.3 Å². The molecule has 2 N–H and O–H groups in total. The van der Waals surface area contributed by atoms with Gasteiger partial charge in [0.1, 0.15) is 11.6 Å². The summed E-state index contributed by atoms with van der Waals surface area (Å²) < 4.78 is 39.9. The lowest BCUT2D eigenvalue weighted by Gasteiger charge is -2.36. The highest BCUT2D eigenvalue weighted by atomic mass is 19.4. The van der Waals surface area contributed by atoms with Crippen LogP contribution in [0.1, 0.15) is 13.3 Å². The SMILES string of the molecule is C[C@@H]1CN(C(=O)O)CC[C@@H]1Nc1ccc(OC(F)(F)F)cn1. The molecule has 2 rings (SSSR count). The monoisotopic (exact) mass is 319 g/mol. The first-order valence-electron chi connectivity index (χ1n) is 6.71. The number of piperidine rings is 1. The minimum atomic E-state index is -4.74. The molecule has 2 atom stereocenters. The second-order valence-corrected chi connectivity index (χ2v) is 5.17. The average molecular weight is 319 g/mol. The maximum atomic E-state index is 12.0. The van der Waals surface area contributed by atoms with Gasteiger partial charge < -0.3 is 20.1 Å². The topological polar surface area (TPSA) is 74.7 Å². The van der Waals surface area contributed by atoms with Gasteiger partial charge in [0, 0.05) is 19.1 Å². The van der Waals surface area contributed by atoms with Crippen molar-refractivity contribution in [2.45, 2.75) is 25.7 Å². The van der Waals surface area contributed by atoms with Crippen LogP contribution in [0.15, 0.2) is 18.3 Å². The molecule has 0 radical (unpaired) electrons. The number of hydrogen-bond acceptors (Lipinski definition) is 4. The van der Waals surface area contributed by atoms with E-state index in [1.54, 1.807) is 0 Å². The van der Waals surface area contributed by atoms with Gasteiger partial charge in [-0.15, -0.1) is 13.2 Å². The van der Waals surface area contributed by atoms with Crippen molar-refractivity contribution in [2.75, 3.05) is 18.4 Å². The lowest BCUT2D eigenvalue weighted by molar-refractivity contribution is -0.274. The zero-order chi connectivity index (χ0) is 16.3. The van der Waals surface area contributed by atoms with Crippen LogP contribution in [0.25, 0.3) is 0 Å². The number of nitrogens with one attached hydrogen (secondary N) is 1. The molecule has 1 aliphatic heterocycles. The van der Waals surface area contributed by atoms with E-state index in [0.717, 1.165) is 6.20 Å². The molecule has 0 spiro atoms. The molecule has 0 bridgehead atoms. The number of ether oxygens (including phenoxy) is 1. The van der Waals surface area contributed by atoms with Crippen LogP contribution in [0.5, 0.6) is 5.75 Å². The molecule has 1 aromatic rings. The van der Waals surface area contributed by atoms with Crippen LogP contribution in [-0.4, -0.2) is 46.6 Å². The lowest BCUT2D eigenvalue weighted by atomic mass is 9.94. The van der Waals surface area contributed by atoms with Crippen LogP contribution >= 0.6 is 0 Å². The predicted octanol–water partition coefficient (Wildman–Crippen LogP) is 2.78. The summed E-state index contributed by atoms with van der Waals surface area (Å²) >= 11 is 0. The van der Waals surface area contributed by atoms with Gasteiger partial charge >= 0.3 is 12.5 Å². The molecule has 9 heteroatoms. The summed E-state index contributed by atoms with van der Waals surface area (Å²) in [4.78, 5) is 16.1. The molecule has 1 amide bonds. The van der Waals surface area contributed by atoms with Gasteiger partial charge in [-0.05, 0) is 24.5 Å². The Bertz CT molecular complexity index is 522. The fourth-order valence-electron chi connectivity index (χ4n) is 2.38. The van der Waals surface area contributed by atoms with Crippen LogP contribution in [-0.2, 0) is 0 Å². The Labute approximate surface area is 124 Å². The first-order valence-corrected chi connectivity index (χ1v) is 6.71. The maximum absolute atomic E-state index is 12.0. The molecule has 6 nitrogen and oxygen atoms in total. The number of hydrogen-bond donors (Lipinski definition) is 2. The number of carboxylic acid groups (broad SMARTS) is 1. The van der Waals surface area contributed by atoms with E-state index in [-0.39, 0.29) is 17.7 Å². The Kier molecular flexibility index (Phi) is 4.62. The molecule has 2 heterocycles. The molecule has 0 aliphatic carbocycles. The Balaban J connectivity index is 1.93. The third-order valence-electron chi connectivity index (χ3n) is 3.48. The summed E-state index contributed by atoms with van der Waals surface area (Å²) in [6.45, 7) is 2.72. The smallest absolute Gasteiger partial charge is 0.465 e. The van der Waals surface area contributed by atoms with E-state index in [1.807, 2.05) is 6.92 Å². The summed E-state index contributed by atoms with van der Waals surface area (Å²) in [5.41, 5.74) is 0. The van der Waals surface area contributed by atoms with Crippen molar-refractivity contribution in [3.05, 3.63) is 18.3 Å². The molecule has 0 unspecified atom stereocenters. The molecule has 1 fully saturated rings. The first-order chi connectivity index (χ1) is 10.2. The fourth-order valence-corrected chi connectivity index (χ4v) is 2.38. The van der Waals surface area contributed by atoms with Gasteiger partial charge in [0.25, 0.3) is 0 Å². The second-order valence-electron chi connectivity index (χ2n) is 5.17. The zero-order valence-electron chi connectivity index (χ0n) is 11.8. The third kappa shape index (κ3) is 4.40. The van der Waals surface area contributed by atoms with Crippen molar-refractivity contribution in [3.63, 3.8) is 0 Å². The molecule has 0 saturated carbocycles. The van der Waals surface area contributed by atoms with Gasteiger partial charge in [0.2, 0.25) is 0 Å². The van der Waals surface area contributed by atoms with Gasteiger partial charge in [-0.2, -0.15) is 0 Å². The van der Waals surface area contributed by atoms with E-state index in [2.05, 4.69) is 15.0 Å².